The minimum atomic E-state index is -0.786. The first-order valence-electron chi connectivity index (χ1n) is 11.8. The number of rotatable bonds is 10. The highest BCUT2D eigenvalue weighted by molar-refractivity contribution is 9.10. The Kier molecular flexibility index (Phi) is 9.49. The summed E-state index contributed by atoms with van der Waals surface area (Å²) in [5.41, 5.74) is 5.85. The predicted molar refractivity (Wildman–Crippen MR) is 138 cm³/mol. The maximum atomic E-state index is 14.7. The van der Waals surface area contributed by atoms with E-state index in [1.807, 2.05) is 45.0 Å². The molecule has 2 aromatic carbocycles. The van der Waals surface area contributed by atoms with Crippen molar-refractivity contribution < 1.29 is 23.1 Å². The highest BCUT2D eigenvalue weighted by Gasteiger charge is 2.39. The van der Waals surface area contributed by atoms with Gasteiger partial charge in [0.1, 0.15) is 24.9 Å². The van der Waals surface area contributed by atoms with Crippen molar-refractivity contribution in [2.45, 2.75) is 45.8 Å². The van der Waals surface area contributed by atoms with Crippen LogP contribution in [0.25, 0.3) is 11.4 Å². The normalized spacial score (nSPS) is 13.4. The second-order valence-electron chi connectivity index (χ2n) is 9.92. The van der Waals surface area contributed by atoms with Gasteiger partial charge in [0.05, 0.1) is 18.2 Å². The van der Waals surface area contributed by atoms with Crippen molar-refractivity contribution >= 4 is 21.8 Å². The van der Waals surface area contributed by atoms with Crippen LogP contribution in [-0.2, 0) is 11.3 Å². The molecule has 0 fully saturated rings. The van der Waals surface area contributed by atoms with Gasteiger partial charge in [0.2, 0.25) is 5.91 Å². The van der Waals surface area contributed by atoms with Crippen LogP contribution in [0.4, 0.5) is 13.2 Å². The lowest BCUT2D eigenvalue weighted by molar-refractivity contribution is -0.139. The molecule has 0 aliphatic rings. The number of halogens is 4. The fourth-order valence-electron chi connectivity index (χ4n) is 4.13. The van der Waals surface area contributed by atoms with E-state index in [0.29, 0.717) is 5.82 Å². The van der Waals surface area contributed by atoms with Crippen molar-refractivity contribution in [3.63, 3.8) is 0 Å². The van der Waals surface area contributed by atoms with E-state index >= 15 is 0 Å². The summed E-state index contributed by atoms with van der Waals surface area (Å²) >= 11 is 3.45. The molecular formula is C26H31BrF3N5O2. The maximum absolute atomic E-state index is 14.7. The lowest BCUT2D eigenvalue weighted by atomic mass is 9.84. The van der Waals surface area contributed by atoms with Crippen LogP contribution < -0.4 is 5.73 Å². The molecule has 3 N–H and O–H groups in total. The molecule has 0 bridgehead atoms. The first-order chi connectivity index (χ1) is 17.4. The van der Waals surface area contributed by atoms with E-state index in [2.05, 4.69) is 26.0 Å². The Hall–Kier alpha value is -2.76. The van der Waals surface area contributed by atoms with Crippen molar-refractivity contribution in [3.8, 4) is 11.4 Å². The van der Waals surface area contributed by atoms with E-state index in [1.165, 1.54) is 4.90 Å². The number of nitrogens with two attached hydrogens (primary N) is 1. The summed E-state index contributed by atoms with van der Waals surface area (Å²) in [7, 11) is 0. The van der Waals surface area contributed by atoms with E-state index < -0.39 is 48.3 Å². The van der Waals surface area contributed by atoms with Crippen LogP contribution in [0.1, 0.15) is 44.6 Å². The third-order valence-corrected chi connectivity index (χ3v) is 6.36. The van der Waals surface area contributed by atoms with Crippen molar-refractivity contribution in [2.24, 2.45) is 11.1 Å². The second-order valence-corrected chi connectivity index (χ2v) is 10.8. The summed E-state index contributed by atoms with van der Waals surface area (Å²) in [6.07, 6.45) is 0.153. The summed E-state index contributed by atoms with van der Waals surface area (Å²) in [4.78, 5) is 18.9. The fourth-order valence-corrected chi connectivity index (χ4v) is 4.58. The zero-order chi connectivity index (χ0) is 27.3. The first kappa shape index (κ1) is 28.8. The lowest BCUT2D eigenvalue weighted by Crippen LogP contribution is -2.45. The molecule has 1 heterocycles. The molecule has 0 aliphatic heterocycles. The number of nitrogens with zero attached hydrogens (tertiary/aromatic N) is 4. The summed E-state index contributed by atoms with van der Waals surface area (Å²) in [5.74, 6) is -1.68. The van der Waals surface area contributed by atoms with Crippen LogP contribution in [0.3, 0.4) is 0 Å². The number of hydrogen-bond acceptors (Lipinski definition) is 5. The topological polar surface area (TPSA) is 97.3 Å². The number of amides is 1. The molecule has 3 rings (SSSR count). The van der Waals surface area contributed by atoms with Crippen LogP contribution >= 0.6 is 15.9 Å². The second kappa shape index (κ2) is 12.2. The molecule has 37 heavy (non-hydrogen) atoms. The molecule has 0 aliphatic carbocycles. The monoisotopic (exact) mass is 581 g/mol. The van der Waals surface area contributed by atoms with Gasteiger partial charge in [-0.1, -0.05) is 48.8 Å². The molecule has 7 nitrogen and oxygen atoms in total. The number of aromatic nitrogens is 3. The van der Waals surface area contributed by atoms with E-state index in [0.717, 1.165) is 28.2 Å². The third kappa shape index (κ3) is 7.18. The van der Waals surface area contributed by atoms with Crippen LogP contribution in [-0.4, -0.2) is 56.5 Å². The minimum absolute atomic E-state index is 0.0481. The quantitative estimate of drug-likeness (QED) is 0.364. The number of aliphatic hydroxyl groups excluding tert-OH is 1. The molecule has 0 radical (unpaired) electrons. The Bertz CT molecular complexity index is 1230. The Labute approximate surface area is 222 Å². The standard InChI is InChI=1S/C26H31BrF3N5O2/c1-26(2,3)23(34(22(37)15-36)10-9-19(31)13-28)25-32-24(20-12-18(29)7-8-21(20)30)33-35(25)14-16-5-4-6-17(27)11-16/h4-8,11-12,19,23,36H,9-10,13-15,31H2,1-3H3. The molecule has 0 spiro atoms. The average Bonchev–Trinajstić information content (AvgIpc) is 3.24. The van der Waals surface area contributed by atoms with Gasteiger partial charge in [-0.2, -0.15) is 5.10 Å². The number of benzene rings is 2. The Balaban J connectivity index is 2.20. The number of aliphatic hydroxyl groups is 1. The molecule has 1 aromatic heterocycles. The van der Waals surface area contributed by atoms with E-state index in [4.69, 9.17) is 5.73 Å². The SMILES string of the molecule is CC(C)(C)C(c1nc(-c2cc(F)ccc2F)nn1Cc1cccc(Br)c1)N(CCC(N)CF)C(=O)CO. The van der Waals surface area contributed by atoms with Gasteiger partial charge in [-0.05, 0) is 47.7 Å². The Morgan fingerprint density at radius 3 is 2.57 bits per heavy atom. The van der Waals surface area contributed by atoms with E-state index in [9.17, 15) is 23.1 Å². The van der Waals surface area contributed by atoms with Gasteiger partial charge in [0.25, 0.3) is 0 Å². The number of carbonyl (C=O) groups excluding carboxylic acids is 1. The van der Waals surface area contributed by atoms with Crippen LogP contribution in [0, 0.1) is 17.0 Å². The lowest BCUT2D eigenvalue weighted by Gasteiger charge is -2.39. The van der Waals surface area contributed by atoms with Gasteiger partial charge in [-0.3, -0.25) is 4.79 Å². The summed E-state index contributed by atoms with van der Waals surface area (Å²) in [5, 5.41) is 14.3. The van der Waals surface area contributed by atoms with Crippen molar-refractivity contribution in [2.75, 3.05) is 19.8 Å². The molecule has 0 saturated heterocycles. The van der Waals surface area contributed by atoms with Crippen LogP contribution in [0.5, 0.6) is 0 Å². The number of alkyl halides is 1. The summed E-state index contributed by atoms with van der Waals surface area (Å²) in [6, 6.07) is 8.96. The Morgan fingerprint density at radius 1 is 1.22 bits per heavy atom. The van der Waals surface area contributed by atoms with Crippen LogP contribution in [0.2, 0.25) is 0 Å². The van der Waals surface area contributed by atoms with Crippen molar-refractivity contribution in [1.82, 2.24) is 19.7 Å². The van der Waals surface area contributed by atoms with Crippen molar-refractivity contribution in [3.05, 3.63) is 70.0 Å². The average molecular weight is 582 g/mol. The molecule has 2 atom stereocenters. The number of carbonyl (C=O) groups is 1. The van der Waals surface area contributed by atoms with E-state index in [-0.39, 0.29) is 30.9 Å². The van der Waals surface area contributed by atoms with Gasteiger partial charge in [0.15, 0.2) is 11.6 Å². The molecule has 2 unspecified atom stereocenters. The molecule has 3 aromatic rings. The van der Waals surface area contributed by atoms with Crippen molar-refractivity contribution in [1.29, 1.82) is 0 Å². The zero-order valence-corrected chi connectivity index (χ0v) is 22.6. The van der Waals surface area contributed by atoms with Gasteiger partial charge >= 0.3 is 0 Å². The van der Waals surface area contributed by atoms with E-state index in [1.54, 1.807) is 4.68 Å². The first-order valence-corrected chi connectivity index (χ1v) is 12.6. The fraction of sp³-hybridized carbons (Fsp3) is 0.423. The molecule has 1 amide bonds. The smallest absolute Gasteiger partial charge is 0.248 e. The van der Waals surface area contributed by atoms with Gasteiger partial charge < -0.3 is 15.7 Å². The molecule has 0 saturated carbocycles. The summed E-state index contributed by atoms with van der Waals surface area (Å²) < 4.78 is 44.2. The summed E-state index contributed by atoms with van der Waals surface area (Å²) in [6.45, 7) is 4.38. The van der Waals surface area contributed by atoms with Gasteiger partial charge in [-0.15, -0.1) is 0 Å². The maximum Gasteiger partial charge on any atom is 0.248 e. The largest absolute Gasteiger partial charge is 0.387 e. The highest BCUT2D eigenvalue weighted by Crippen LogP contribution is 2.39. The predicted octanol–water partition coefficient (Wildman–Crippen LogP) is 4.63. The zero-order valence-electron chi connectivity index (χ0n) is 21.0. The molecular weight excluding hydrogens is 551 g/mol. The molecule has 200 valence electrons. The third-order valence-electron chi connectivity index (χ3n) is 5.86. The molecule has 11 heteroatoms. The van der Waals surface area contributed by atoms with Gasteiger partial charge in [-0.25, -0.2) is 22.8 Å². The number of hydrogen-bond donors (Lipinski definition) is 2. The highest BCUT2D eigenvalue weighted by atomic mass is 79.9. The van der Waals surface area contributed by atoms with Crippen LogP contribution in [0.15, 0.2) is 46.9 Å². The Morgan fingerprint density at radius 2 is 1.95 bits per heavy atom. The minimum Gasteiger partial charge on any atom is -0.387 e. The van der Waals surface area contributed by atoms with Gasteiger partial charge in [0, 0.05) is 17.1 Å².